The van der Waals surface area contributed by atoms with Crippen LogP contribution in [0.15, 0.2) is 4.99 Å². The number of aliphatic imine (C=N–C) groups is 1. The van der Waals surface area contributed by atoms with E-state index in [0.717, 1.165) is 6.54 Å². The number of hydrogen-bond donors (Lipinski definition) is 0. The summed E-state index contributed by atoms with van der Waals surface area (Å²) in [6.07, 6.45) is 1.74. The first-order valence-corrected chi connectivity index (χ1v) is 3.66. The summed E-state index contributed by atoms with van der Waals surface area (Å²) in [6, 6.07) is 0. The molecule has 0 saturated carbocycles. The van der Waals surface area contributed by atoms with E-state index >= 15 is 0 Å². The van der Waals surface area contributed by atoms with Crippen LogP contribution in [0.5, 0.6) is 0 Å². The van der Waals surface area contributed by atoms with Gasteiger partial charge in [0, 0.05) is 19.9 Å². The zero-order valence-electron chi connectivity index (χ0n) is 6.02. The highest BCUT2D eigenvalue weighted by atomic mass is 79.9. The lowest BCUT2D eigenvalue weighted by molar-refractivity contribution is 0.152. The molecule has 0 N–H and O–H groups in total. The van der Waals surface area contributed by atoms with Gasteiger partial charge in [-0.05, 0) is 29.8 Å². The summed E-state index contributed by atoms with van der Waals surface area (Å²) in [7, 11) is 1.64. The third kappa shape index (κ3) is 4.60. The number of rotatable bonds is 3. The van der Waals surface area contributed by atoms with Crippen molar-refractivity contribution in [2.24, 2.45) is 4.99 Å². The molecule has 0 amide bonds. The van der Waals surface area contributed by atoms with E-state index in [0.29, 0.717) is 0 Å². The fourth-order valence-corrected chi connectivity index (χ4v) is 0.452. The largest absolute Gasteiger partial charge is 0.362 e. The monoisotopic (exact) mass is 193 g/mol. The summed E-state index contributed by atoms with van der Waals surface area (Å²) >= 11 is 3.31. The second kappa shape index (κ2) is 4.01. The Morgan fingerprint density at radius 2 is 2.33 bits per heavy atom. The topological polar surface area (TPSA) is 21.6 Å². The molecule has 0 radical (unpaired) electrons. The Labute approximate surface area is 64.4 Å². The summed E-state index contributed by atoms with van der Waals surface area (Å²) in [6.45, 7) is 4.67. The van der Waals surface area contributed by atoms with Crippen molar-refractivity contribution in [3.63, 3.8) is 0 Å². The van der Waals surface area contributed by atoms with Crippen molar-refractivity contribution in [1.29, 1.82) is 0 Å². The van der Waals surface area contributed by atoms with Gasteiger partial charge in [0.2, 0.25) is 0 Å². The Hall–Kier alpha value is 0.110. The van der Waals surface area contributed by atoms with E-state index in [2.05, 4.69) is 20.9 Å². The van der Waals surface area contributed by atoms with Crippen molar-refractivity contribution in [3.8, 4) is 0 Å². The van der Waals surface area contributed by atoms with Gasteiger partial charge in [-0.2, -0.15) is 0 Å². The smallest absolute Gasteiger partial charge is 0.154 e. The molecule has 0 aliphatic carbocycles. The molecular weight excluding hydrogens is 182 g/mol. The average Bonchev–Trinajstić information content (AvgIpc) is 1.84. The van der Waals surface area contributed by atoms with Crippen molar-refractivity contribution >= 4 is 22.1 Å². The van der Waals surface area contributed by atoms with E-state index in [1.807, 2.05) is 13.8 Å². The zero-order valence-corrected chi connectivity index (χ0v) is 7.60. The maximum atomic E-state index is 5.01. The Morgan fingerprint density at radius 3 is 2.67 bits per heavy atom. The van der Waals surface area contributed by atoms with Crippen LogP contribution in [0, 0.1) is 0 Å². The maximum absolute atomic E-state index is 5.01. The van der Waals surface area contributed by atoms with Gasteiger partial charge in [-0.3, -0.25) is 4.99 Å². The highest BCUT2D eigenvalue weighted by Gasteiger charge is 2.13. The molecule has 3 heteroatoms. The second-order valence-electron chi connectivity index (χ2n) is 1.82. The first kappa shape index (κ1) is 9.11. The number of alkyl halides is 1. The van der Waals surface area contributed by atoms with Crippen LogP contribution in [-0.2, 0) is 4.74 Å². The molecule has 0 rings (SSSR count). The molecule has 0 aromatic heterocycles. The van der Waals surface area contributed by atoms with Gasteiger partial charge in [0.1, 0.15) is 0 Å². The standard InChI is InChI=1S/C6H12BrNO/c1-4-8-5-6(2,7)9-3/h5H,4H2,1-3H3/b8-5-. The van der Waals surface area contributed by atoms with E-state index in [1.54, 1.807) is 13.3 Å². The fourth-order valence-electron chi connectivity index (χ4n) is 0.307. The zero-order chi connectivity index (χ0) is 7.33. The van der Waals surface area contributed by atoms with Gasteiger partial charge in [0.05, 0.1) is 0 Å². The van der Waals surface area contributed by atoms with Crippen LogP contribution < -0.4 is 0 Å². The highest BCUT2D eigenvalue weighted by molar-refractivity contribution is 9.10. The Morgan fingerprint density at radius 1 is 1.78 bits per heavy atom. The van der Waals surface area contributed by atoms with Crippen molar-refractivity contribution in [2.45, 2.75) is 18.4 Å². The lowest BCUT2D eigenvalue weighted by atomic mass is 10.4. The van der Waals surface area contributed by atoms with Crippen LogP contribution in [0.1, 0.15) is 13.8 Å². The van der Waals surface area contributed by atoms with Gasteiger partial charge in [0.25, 0.3) is 0 Å². The molecule has 0 heterocycles. The van der Waals surface area contributed by atoms with Crippen molar-refractivity contribution in [1.82, 2.24) is 0 Å². The molecule has 0 aliphatic heterocycles. The number of halogens is 1. The molecule has 0 fully saturated rings. The van der Waals surface area contributed by atoms with Gasteiger partial charge in [-0.1, -0.05) is 0 Å². The molecular formula is C6H12BrNO. The maximum Gasteiger partial charge on any atom is 0.154 e. The summed E-state index contributed by atoms with van der Waals surface area (Å²) in [5, 5.41) is 0. The average molecular weight is 194 g/mol. The first-order chi connectivity index (χ1) is 4.12. The summed E-state index contributed by atoms with van der Waals surface area (Å²) < 4.78 is 4.62. The Balaban J connectivity index is 3.70. The molecule has 0 saturated heterocycles. The first-order valence-electron chi connectivity index (χ1n) is 2.87. The van der Waals surface area contributed by atoms with Gasteiger partial charge in [-0.15, -0.1) is 0 Å². The predicted molar refractivity (Wildman–Crippen MR) is 43.4 cm³/mol. The predicted octanol–water partition coefficient (Wildman–Crippen LogP) is 1.83. The molecule has 0 bridgehead atoms. The Kier molecular flexibility index (Phi) is 4.06. The SMILES string of the molecule is CC/N=C\C(C)(Br)OC. The minimum absolute atomic E-state index is 0.386. The molecule has 9 heavy (non-hydrogen) atoms. The van der Waals surface area contributed by atoms with Crippen LogP contribution >= 0.6 is 15.9 Å². The van der Waals surface area contributed by atoms with Crippen LogP contribution in [0.25, 0.3) is 0 Å². The minimum atomic E-state index is -0.386. The highest BCUT2D eigenvalue weighted by Crippen LogP contribution is 2.13. The van der Waals surface area contributed by atoms with Crippen molar-refractivity contribution < 1.29 is 4.74 Å². The second-order valence-corrected chi connectivity index (χ2v) is 3.39. The molecule has 1 unspecified atom stereocenters. The molecule has 0 aliphatic rings. The van der Waals surface area contributed by atoms with E-state index in [-0.39, 0.29) is 4.51 Å². The molecule has 2 nitrogen and oxygen atoms in total. The fraction of sp³-hybridized carbons (Fsp3) is 0.833. The summed E-state index contributed by atoms with van der Waals surface area (Å²) in [4.78, 5) is 4.02. The molecule has 0 aromatic carbocycles. The molecule has 1 atom stereocenters. The van der Waals surface area contributed by atoms with Crippen LogP contribution in [0.2, 0.25) is 0 Å². The van der Waals surface area contributed by atoms with Gasteiger partial charge in [0.15, 0.2) is 4.51 Å². The number of hydrogen-bond acceptors (Lipinski definition) is 2. The number of nitrogens with zero attached hydrogens (tertiary/aromatic N) is 1. The lowest BCUT2D eigenvalue weighted by Gasteiger charge is -2.13. The summed E-state index contributed by atoms with van der Waals surface area (Å²) in [5.41, 5.74) is 0. The van der Waals surface area contributed by atoms with E-state index in [4.69, 9.17) is 4.74 Å². The third-order valence-corrected chi connectivity index (χ3v) is 1.43. The normalized spacial score (nSPS) is 18.2. The Bertz CT molecular complexity index is 101. The van der Waals surface area contributed by atoms with Crippen molar-refractivity contribution in [2.75, 3.05) is 13.7 Å². The molecule has 0 spiro atoms. The third-order valence-electron chi connectivity index (χ3n) is 0.904. The molecule has 0 aromatic rings. The van der Waals surface area contributed by atoms with Crippen LogP contribution in [0.3, 0.4) is 0 Å². The van der Waals surface area contributed by atoms with Gasteiger partial charge in [-0.25, -0.2) is 0 Å². The van der Waals surface area contributed by atoms with E-state index in [1.165, 1.54) is 0 Å². The molecule has 54 valence electrons. The number of ether oxygens (including phenoxy) is 1. The van der Waals surface area contributed by atoms with E-state index < -0.39 is 0 Å². The lowest BCUT2D eigenvalue weighted by Crippen LogP contribution is -2.19. The van der Waals surface area contributed by atoms with Crippen LogP contribution in [0.4, 0.5) is 0 Å². The van der Waals surface area contributed by atoms with Gasteiger partial charge < -0.3 is 4.74 Å². The van der Waals surface area contributed by atoms with Crippen LogP contribution in [-0.4, -0.2) is 24.4 Å². The quantitative estimate of drug-likeness (QED) is 0.496. The summed E-state index contributed by atoms with van der Waals surface area (Å²) in [5.74, 6) is 0. The van der Waals surface area contributed by atoms with Crippen molar-refractivity contribution in [3.05, 3.63) is 0 Å². The van der Waals surface area contributed by atoms with E-state index in [9.17, 15) is 0 Å². The minimum Gasteiger partial charge on any atom is -0.362 e. The van der Waals surface area contributed by atoms with Gasteiger partial charge >= 0.3 is 0 Å². The number of methoxy groups -OCH3 is 1.